The number of aromatic nitrogens is 3. The average Bonchev–Trinajstić information content (AvgIpc) is 3.90. The van der Waals surface area contributed by atoms with Crippen LogP contribution in [0.15, 0.2) is 101 Å². The van der Waals surface area contributed by atoms with Gasteiger partial charge in [0.1, 0.15) is 17.2 Å². The van der Waals surface area contributed by atoms with Crippen LogP contribution in [0.2, 0.25) is 0 Å². The fraction of sp³-hybridized carbons (Fsp3) is 0.206. The molecule has 0 radical (unpaired) electrons. The van der Waals surface area contributed by atoms with Gasteiger partial charge in [-0.15, -0.1) is 21.5 Å². The first-order chi connectivity index (χ1) is 23.0. The highest BCUT2D eigenvalue weighted by atomic mass is 32.2. The Labute approximate surface area is 280 Å². The van der Waals surface area contributed by atoms with E-state index in [0.717, 1.165) is 28.3 Å². The van der Waals surface area contributed by atoms with Gasteiger partial charge in [0.15, 0.2) is 11.0 Å². The van der Waals surface area contributed by atoms with Crippen molar-refractivity contribution >= 4 is 40.6 Å². The third-order valence-corrected chi connectivity index (χ3v) is 9.38. The fourth-order valence-corrected chi connectivity index (χ4v) is 6.65. The van der Waals surface area contributed by atoms with Crippen molar-refractivity contribution in [2.24, 2.45) is 5.10 Å². The van der Waals surface area contributed by atoms with Gasteiger partial charge in [-0.1, -0.05) is 42.1 Å². The van der Waals surface area contributed by atoms with Gasteiger partial charge in [-0.05, 0) is 71.1 Å². The second-order valence-corrected chi connectivity index (χ2v) is 12.3. The molecule has 1 aliphatic heterocycles. The molecular weight excluding hydrogens is 637 g/mol. The third-order valence-electron chi connectivity index (χ3n) is 7.59. The van der Waals surface area contributed by atoms with Crippen molar-refractivity contribution in [1.29, 1.82) is 0 Å². The summed E-state index contributed by atoms with van der Waals surface area (Å²) in [5.74, 6) is 2.21. The number of carbonyl (C=O) groups is 2. The van der Waals surface area contributed by atoms with Crippen LogP contribution in [0.5, 0.6) is 17.2 Å². The quantitative estimate of drug-likeness (QED) is 0.167. The number of hydrogen-bond acceptors (Lipinski definition) is 10. The molecule has 2 amide bonds. The predicted molar refractivity (Wildman–Crippen MR) is 181 cm³/mol. The molecule has 240 valence electrons. The van der Waals surface area contributed by atoms with Gasteiger partial charge in [0.2, 0.25) is 0 Å². The minimum atomic E-state index is -0.304. The lowest BCUT2D eigenvalue weighted by molar-refractivity contribution is -0.130. The predicted octanol–water partition coefficient (Wildman–Crippen LogP) is 5.75. The van der Waals surface area contributed by atoms with E-state index in [1.165, 1.54) is 23.1 Å². The number of nitrogens with zero attached hydrogens (tertiary/aromatic N) is 5. The first-order valence-corrected chi connectivity index (χ1v) is 16.6. The number of rotatable bonds is 12. The molecule has 0 saturated heterocycles. The lowest BCUT2D eigenvalue weighted by atomic mass is 9.98. The van der Waals surface area contributed by atoms with Crippen LogP contribution < -0.4 is 19.5 Å². The second kappa shape index (κ2) is 14.5. The van der Waals surface area contributed by atoms with Crippen LogP contribution in [0.25, 0.3) is 5.69 Å². The first-order valence-electron chi connectivity index (χ1n) is 14.7. The number of hydrogen-bond donors (Lipinski definition) is 1. The summed E-state index contributed by atoms with van der Waals surface area (Å²) in [5.41, 5.74) is 3.34. The lowest BCUT2D eigenvalue weighted by Crippen LogP contribution is -2.28. The summed E-state index contributed by atoms with van der Waals surface area (Å²) in [5, 5.41) is 20.4. The van der Waals surface area contributed by atoms with E-state index in [-0.39, 0.29) is 30.2 Å². The number of benzene rings is 3. The summed E-state index contributed by atoms with van der Waals surface area (Å²) in [7, 11) is 4.83. The van der Waals surface area contributed by atoms with Crippen molar-refractivity contribution in [2.45, 2.75) is 24.2 Å². The van der Waals surface area contributed by atoms with Crippen molar-refractivity contribution < 1.29 is 23.8 Å². The summed E-state index contributed by atoms with van der Waals surface area (Å²) < 4.78 is 18.1. The molecule has 1 atom stereocenters. The van der Waals surface area contributed by atoms with Crippen LogP contribution in [-0.4, -0.2) is 64.4 Å². The van der Waals surface area contributed by atoms with Gasteiger partial charge in [0.05, 0.1) is 55.9 Å². The monoisotopic (exact) mass is 668 g/mol. The number of methoxy groups -OCH3 is 3. The number of ether oxygens (including phenoxy) is 3. The van der Waals surface area contributed by atoms with Crippen molar-refractivity contribution in [1.82, 2.24) is 25.1 Å². The van der Waals surface area contributed by atoms with Gasteiger partial charge in [0, 0.05) is 6.42 Å². The summed E-state index contributed by atoms with van der Waals surface area (Å²) in [4.78, 5) is 27.2. The van der Waals surface area contributed by atoms with Crippen LogP contribution in [0.1, 0.15) is 39.1 Å². The van der Waals surface area contributed by atoms with Gasteiger partial charge < -0.3 is 19.5 Å². The Morgan fingerprint density at radius 1 is 0.894 bits per heavy atom. The SMILES string of the molecule is COc1ccc(C2=NN(C(=O)CSc3nnc(CNC(=O)c4cccs4)n3-c3ccccc3OC)[C@H](c3ccc(OC)cc3)C2)cc1. The van der Waals surface area contributed by atoms with E-state index < -0.39 is 0 Å². The smallest absolute Gasteiger partial charge is 0.261 e. The first kappa shape index (κ1) is 31.8. The zero-order valence-corrected chi connectivity index (χ0v) is 27.6. The molecule has 1 N–H and O–H groups in total. The van der Waals surface area contributed by atoms with E-state index >= 15 is 0 Å². The highest BCUT2D eigenvalue weighted by Crippen LogP contribution is 2.35. The minimum absolute atomic E-state index is 0.0425. The molecular formula is C34H32N6O5S2. The molecule has 47 heavy (non-hydrogen) atoms. The van der Waals surface area contributed by atoms with Crippen LogP contribution in [-0.2, 0) is 11.3 Å². The lowest BCUT2D eigenvalue weighted by Gasteiger charge is -2.22. The molecule has 1 aliphatic rings. The van der Waals surface area contributed by atoms with E-state index in [1.54, 1.807) is 32.4 Å². The van der Waals surface area contributed by atoms with Gasteiger partial charge >= 0.3 is 0 Å². The van der Waals surface area contributed by atoms with E-state index in [9.17, 15) is 9.59 Å². The zero-order chi connectivity index (χ0) is 32.8. The van der Waals surface area contributed by atoms with Crippen LogP contribution in [0, 0.1) is 0 Å². The molecule has 2 aromatic heterocycles. The molecule has 0 spiro atoms. The number of hydrazone groups is 1. The molecule has 3 heterocycles. The maximum Gasteiger partial charge on any atom is 0.261 e. The van der Waals surface area contributed by atoms with Gasteiger partial charge in [-0.3, -0.25) is 14.2 Å². The Kier molecular flexibility index (Phi) is 9.83. The molecule has 11 nitrogen and oxygen atoms in total. The summed E-state index contributed by atoms with van der Waals surface area (Å²) in [6, 6.07) is 26.1. The van der Waals surface area contributed by atoms with Crippen LogP contribution in [0.3, 0.4) is 0 Å². The van der Waals surface area contributed by atoms with Gasteiger partial charge in [-0.25, -0.2) is 5.01 Å². The summed E-state index contributed by atoms with van der Waals surface area (Å²) in [6.07, 6.45) is 0.542. The van der Waals surface area contributed by atoms with Gasteiger partial charge in [0.25, 0.3) is 11.8 Å². The van der Waals surface area contributed by atoms with Crippen LogP contribution >= 0.6 is 23.1 Å². The van der Waals surface area contributed by atoms with E-state index in [0.29, 0.717) is 33.7 Å². The Bertz CT molecular complexity index is 1870. The topological polar surface area (TPSA) is 120 Å². The highest BCUT2D eigenvalue weighted by Gasteiger charge is 2.33. The number of thiophene rings is 1. The number of carbonyl (C=O) groups excluding carboxylic acids is 2. The second-order valence-electron chi connectivity index (χ2n) is 10.4. The zero-order valence-electron chi connectivity index (χ0n) is 26.0. The molecule has 0 saturated carbocycles. The third kappa shape index (κ3) is 7.00. The highest BCUT2D eigenvalue weighted by molar-refractivity contribution is 7.99. The Morgan fingerprint density at radius 2 is 1.62 bits per heavy atom. The number of para-hydroxylation sites is 2. The minimum Gasteiger partial charge on any atom is -0.497 e. The fourth-order valence-electron chi connectivity index (χ4n) is 5.20. The number of nitrogens with one attached hydrogen (secondary N) is 1. The maximum atomic E-state index is 13.9. The normalized spacial score (nSPS) is 14.1. The standard InChI is InChI=1S/C34H32N6O5S2/c1-43-24-14-10-22(11-15-24)26-19-28(23-12-16-25(44-2)17-13-23)40(38-26)32(41)21-47-34-37-36-31(20-35-33(42)30-9-6-18-46-30)39(34)27-7-4-5-8-29(27)45-3/h4-18,28H,19-21H2,1-3H3,(H,35,42)/t28-/m0/s1. The van der Waals surface area contributed by atoms with Crippen molar-refractivity contribution in [3.05, 3.63) is 112 Å². The average molecular weight is 669 g/mol. The molecule has 0 aliphatic carbocycles. The van der Waals surface area contributed by atoms with E-state index in [2.05, 4.69) is 15.5 Å². The molecule has 5 aromatic rings. The van der Waals surface area contributed by atoms with Crippen molar-refractivity contribution in [3.63, 3.8) is 0 Å². The summed E-state index contributed by atoms with van der Waals surface area (Å²) in [6.45, 7) is 0.122. The molecule has 0 fully saturated rings. The Hall–Kier alpha value is -5.14. The molecule has 3 aromatic carbocycles. The van der Waals surface area contributed by atoms with E-state index in [4.69, 9.17) is 19.3 Å². The Morgan fingerprint density at radius 3 is 2.30 bits per heavy atom. The number of amides is 2. The summed E-state index contributed by atoms with van der Waals surface area (Å²) >= 11 is 2.60. The molecule has 13 heteroatoms. The van der Waals surface area contributed by atoms with Crippen molar-refractivity contribution in [3.8, 4) is 22.9 Å². The van der Waals surface area contributed by atoms with Crippen LogP contribution in [0.4, 0.5) is 0 Å². The molecule has 6 rings (SSSR count). The Balaban J connectivity index is 1.27. The molecule has 0 unspecified atom stereocenters. The maximum absolute atomic E-state index is 13.9. The largest absolute Gasteiger partial charge is 0.497 e. The number of thioether (sulfide) groups is 1. The molecule has 0 bridgehead atoms. The van der Waals surface area contributed by atoms with Gasteiger partial charge in [-0.2, -0.15) is 5.10 Å². The van der Waals surface area contributed by atoms with Crippen molar-refractivity contribution in [2.75, 3.05) is 27.1 Å². The van der Waals surface area contributed by atoms with E-state index in [1.807, 2.05) is 88.8 Å².